The zero-order valence-electron chi connectivity index (χ0n) is 18.3. The van der Waals surface area contributed by atoms with Crippen LogP contribution in [0, 0.1) is 0 Å². The van der Waals surface area contributed by atoms with Gasteiger partial charge in [-0.15, -0.1) is 11.3 Å². The number of rotatable bonds is 8. The molecule has 0 bridgehead atoms. The molecule has 0 spiro atoms. The first kappa shape index (κ1) is 22.2. The monoisotopic (exact) mass is 487 g/mol. The number of aryl methyl sites for hydroxylation is 2. The molecule has 170 valence electrons. The minimum Gasteiger partial charge on any atom is -0.256 e. The van der Waals surface area contributed by atoms with Crippen molar-refractivity contribution in [1.29, 1.82) is 0 Å². The fourth-order valence-corrected chi connectivity index (χ4v) is 5.74. The fourth-order valence-electron chi connectivity index (χ4n) is 3.74. The first-order valence-electron chi connectivity index (χ1n) is 11.0. The molecule has 0 aliphatic heterocycles. The SMILES string of the molecule is O=S(=O)(Nc1nc2ccccc2nc1-[n+]1ccc(CCCc2ccccc2)cc1)c1cccs1. The van der Waals surface area contributed by atoms with E-state index in [1.165, 1.54) is 11.1 Å². The second kappa shape index (κ2) is 9.70. The summed E-state index contributed by atoms with van der Waals surface area (Å²) in [6.07, 6.45) is 6.84. The van der Waals surface area contributed by atoms with Gasteiger partial charge < -0.3 is 0 Å². The number of pyridine rings is 1. The maximum Gasteiger partial charge on any atom is 0.372 e. The van der Waals surface area contributed by atoms with Gasteiger partial charge in [0, 0.05) is 0 Å². The van der Waals surface area contributed by atoms with Crippen molar-refractivity contribution < 1.29 is 13.0 Å². The van der Waals surface area contributed by atoms with Gasteiger partial charge in [-0.3, -0.25) is 4.72 Å². The molecule has 0 aliphatic rings. The van der Waals surface area contributed by atoms with E-state index in [0.29, 0.717) is 16.9 Å². The summed E-state index contributed by atoms with van der Waals surface area (Å²) in [6.45, 7) is 0. The summed E-state index contributed by atoms with van der Waals surface area (Å²) in [5.74, 6) is 0.614. The molecule has 0 atom stereocenters. The first-order valence-corrected chi connectivity index (χ1v) is 13.3. The number of para-hydroxylation sites is 2. The molecule has 0 saturated heterocycles. The molecule has 6 nitrogen and oxygen atoms in total. The minimum atomic E-state index is -3.76. The number of aromatic nitrogens is 3. The van der Waals surface area contributed by atoms with Crippen LogP contribution in [0.5, 0.6) is 0 Å². The lowest BCUT2D eigenvalue weighted by Gasteiger charge is -2.08. The van der Waals surface area contributed by atoms with Crippen molar-refractivity contribution in [2.24, 2.45) is 0 Å². The van der Waals surface area contributed by atoms with Gasteiger partial charge in [0.25, 0.3) is 10.0 Å². The van der Waals surface area contributed by atoms with Gasteiger partial charge in [0.05, 0.1) is 12.4 Å². The summed E-state index contributed by atoms with van der Waals surface area (Å²) in [7, 11) is -3.76. The molecule has 34 heavy (non-hydrogen) atoms. The lowest BCUT2D eigenvalue weighted by atomic mass is 10.1. The fraction of sp³-hybridized carbons (Fsp3) is 0.115. The molecular weight excluding hydrogens is 464 g/mol. The molecule has 0 saturated carbocycles. The van der Waals surface area contributed by atoms with Crippen LogP contribution in [-0.4, -0.2) is 18.4 Å². The van der Waals surface area contributed by atoms with E-state index >= 15 is 0 Å². The Labute approximate surface area is 202 Å². The summed E-state index contributed by atoms with van der Waals surface area (Å²) in [4.78, 5) is 9.30. The predicted octanol–water partition coefficient (Wildman–Crippen LogP) is 4.94. The van der Waals surface area contributed by atoms with Crippen molar-refractivity contribution in [1.82, 2.24) is 9.97 Å². The van der Waals surface area contributed by atoms with Crippen LogP contribution in [0.3, 0.4) is 0 Å². The van der Waals surface area contributed by atoms with E-state index in [-0.39, 0.29) is 10.0 Å². The van der Waals surface area contributed by atoms with Crippen molar-refractivity contribution in [3.8, 4) is 5.82 Å². The number of benzene rings is 2. The number of nitrogens with zero attached hydrogens (tertiary/aromatic N) is 3. The number of nitrogens with one attached hydrogen (secondary N) is 1. The van der Waals surface area contributed by atoms with Crippen LogP contribution < -0.4 is 9.29 Å². The molecule has 3 aromatic heterocycles. The van der Waals surface area contributed by atoms with Crippen LogP contribution in [0.25, 0.3) is 16.9 Å². The van der Waals surface area contributed by atoms with Crippen LogP contribution in [-0.2, 0) is 22.9 Å². The topological polar surface area (TPSA) is 75.8 Å². The normalized spacial score (nSPS) is 11.5. The van der Waals surface area contributed by atoms with E-state index in [2.05, 4.69) is 34.0 Å². The number of hydrogen-bond acceptors (Lipinski definition) is 5. The molecule has 8 heteroatoms. The summed E-state index contributed by atoms with van der Waals surface area (Å²) >= 11 is 1.16. The number of thiophene rings is 1. The number of sulfonamides is 1. The third-order valence-corrected chi connectivity index (χ3v) is 8.20. The Hall–Kier alpha value is -3.62. The molecular formula is C26H23N4O2S2+. The highest BCUT2D eigenvalue weighted by Gasteiger charge is 2.25. The van der Waals surface area contributed by atoms with E-state index in [9.17, 15) is 8.42 Å². The molecule has 2 aromatic carbocycles. The maximum absolute atomic E-state index is 12.9. The van der Waals surface area contributed by atoms with E-state index in [4.69, 9.17) is 4.98 Å². The van der Waals surface area contributed by atoms with Gasteiger partial charge >= 0.3 is 5.82 Å². The minimum absolute atomic E-state index is 0.189. The second-order valence-corrected chi connectivity index (χ2v) is 10.7. The van der Waals surface area contributed by atoms with Gasteiger partial charge in [-0.2, -0.15) is 0 Å². The Kier molecular flexibility index (Phi) is 6.33. The van der Waals surface area contributed by atoms with Crippen molar-refractivity contribution in [2.45, 2.75) is 23.5 Å². The smallest absolute Gasteiger partial charge is 0.256 e. The van der Waals surface area contributed by atoms with Crippen LogP contribution in [0.15, 0.2) is 101 Å². The Balaban J connectivity index is 1.42. The molecule has 0 unspecified atom stereocenters. The predicted molar refractivity (Wildman–Crippen MR) is 135 cm³/mol. The zero-order chi connectivity index (χ0) is 23.4. The molecule has 0 radical (unpaired) electrons. The zero-order valence-corrected chi connectivity index (χ0v) is 20.0. The highest BCUT2D eigenvalue weighted by atomic mass is 32.2. The summed E-state index contributed by atoms with van der Waals surface area (Å²) in [5.41, 5.74) is 3.86. The lowest BCUT2D eigenvalue weighted by molar-refractivity contribution is -0.598. The molecule has 5 rings (SSSR count). The summed E-state index contributed by atoms with van der Waals surface area (Å²) in [6, 6.07) is 25.2. The molecule has 0 aliphatic carbocycles. The number of fused-ring (bicyclic) bond motifs is 1. The van der Waals surface area contributed by atoms with Gasteiger partial charge in [-0.1, -0.05) is 48.5 Å². The van der Waals surface area contributed by atoms with Crippen molar-refractivity contribution in [2.75, 3.05) is 4.72 Å². The Morgan fingerprint density at radius 1 is 0.765 bits per heavy atom. The average Bonchev–Trinajstić information content (AvgIpc) is 3.41. The lowest BCUT2D eigenvalue weighted by Crippen LogP contribution is -2.33. The van der Waals surface area contributed by atoms with Crippen molar-refractivity contribution in [3.63, 3.8) is 0 Å². The van der Waals surface area contributed by atoms with Crippen LogP contribution in [0.4, 0.5) is 5.82 Å². The molecule has 1 N–H and O–H groups in total. The third kappa shape index (κ3) is 4.98. The third-order valence-electron chi connectivity index (χ3n) is 5.46. The Bertz CT molecular complexity index is 1500. The maximum atomic E-state index is 12.9. The number of hydrogen-bond donors (Lipinski definition) is 1. The quantitative estimate of drug-likeness (QED) is 0.315. The molecule has 0 fully saturated rings. The van der Waals surface area contributed by atoms with E-state index in [0.717, 1.165) is 30.6 Å². The summed E-state index contributed by atoms with van der Waals surface area (Å²) in [5, 5.41) is 1.73. The average molecular weight is 488 g/mol. The molecule has 3 heterocycles. The largest absolute Gasteiger partial charge is 0.372 e. The van der Waals surface area contributed by atoms with Gasteiger partial charge in [-0.25, -0.2) is 18.0 Å². The van der Waals surface area contributed by atoms with Crippen molar-refractivity contribution in [3.05, 3.63) is 108 Å². The van der Waals surface area contributed by atoms with E-state index in [1.807, 2.05) is 54.9 Å². The van der Waals surface area contributed by atoms with Gasteiger partial charge in [0.1, 0.15) is 9.73 Å². The van der Waals surface area contributed by atoms with E-state index in [1.54, 1.807) is 22.1 Å². The summed E-state index contributed by atoms with van der Waals surface area (Å²) < 4.78 is 30.4. The van der Waals surface area contributed by atoms with Crippen LogP contribution in [0.1, 0.15) is 17.5 Å². The Morgan fingerprint density at radius 3 is 2.09 bits per heavy atom. The highest BCUT2D eigenvalue weighted by molar-refractivity contribution is 7.94. The Morgan fingerprint density at radius 2 is 1.41 bits per heavy atom. The van der Waals surface area contributed by atoms with Gasteiger partial charge in [-0.05, 0) is 71.1 Å². The van der Waals surface area contributed by atoms with Crippen LogP contribution >= 0.6 is 11.3 Å². The molecule has 0 amide bonds. The highest BCUT2D eigenvalue weighted by Crippen LogP contribution is 2.23. The molecule has 5 aromatic rings. The van der Waals surface area contributed by atoms with Gasteiger partial charge in [0.2, 0.25) is 11.3 Å². The second-order valence-electron chi connectivity index (χ2n) is 7.87. The van der Waals surface area contributed by atoms with Gasteiger partial charge in [0.15, 0.2) is 0 Å². The standard InChI is InChI=1S/C26H23N4O2S2/c31-34(32,24-14-7-19-33-24)29-25-26(28-23-13-5-4-12-22(23)27-25)30-17-15-21(16-18-30)11-6-10-20-8-2-1-3-9-20/h1-5,7-9,12-19H,6,10-11H2,(H,27,29)/q+1. The first-order chi connectivity index (χ1) is 16.6. The van der Waals surface area contributed by atoms with Crippen molar-refractivity contribution >= 4 is 38.2 Å². The van der Waals surface area contributed by atoms with Crippen LogP contribution in [0.2, 0.25) is 0 Å². The van der Waals surface area contributed by atoms with E-state index < -0.39 is 10.0 Å². The number of anilines is 1.